The first-order valence-electron chi connectivity index (χ1n) is 17.0. The molecule has 0 aliphatic heterocycles. The van der Waals surface area contributed by atoms with Crippen molar-refractivity contribution in [2.75, 3.05) is 17.6 Å². The van der Waals surface area contributed by atoms with Gasteiger partial charge in [0.15, 0.2) is 5.58 Å². The molecule has 3 N–H and O–H groups in total. The summed E-state index contributed by atoms with van der Waals surface area (Å²) in [5.74, 6) is -1.30. The van der Waals surface area contributed by atoms with Crippen LogP contribution in [0.15, 0.2) is 120 Å². The quantitative estimate of drug-likeness (QED) is 0.115. The second kappa shape index (κ2) is 15.0. The number of hydrogen-bond donors (Lipinski definition) is 3. The minimum atomic E-state index is -4.19. The van der Waals surface area contributed by atoms with Crippen molar-refractivity contribution in [3.05, 3.63) is 143 Å². The number of carbonyl (C=O) groups is 2. The fraction of sp³-hybridized carbons (Fsp3) is 0.214. The number of carbonyl (C=O) groups excluding carboxylic acids is 2. The normalized spacial score (nSPS) is 12.4. The van der Waals surface area contributed by atoms with Crippen LogP contribution in [0.2, 0.25) is 0 Å². The Labute approximate surface area is 303 Å². The third-order valence-electron chi connectivity index (χ3n) is 9.04. The van der Waals surface area contributed by atoms with E-state index in [2.05, 4.69) is 60.7 Å². The van der Waals surface area contributed by atoms with E-state index in [1.807, 2.05) is 73.7 Å². The summed E-state index contributed by atoms with van der Waals surface area (Å²) in [5, 5.41) is 5.57. The van der Waals surface area contributed by atoms with Crippen LogP contribution in [0.25, 0.3) is 33.7 Å². The molecule has 266 valence electrons. The lowest BCUT2D eigenvalue weighted by Gasteiger charge is -2.20. The van der Waals surface area contributed by atoms with Gasteiger partial charge < -0.3 is 15.1 Å². The smallest absolute Gasteiger partial charge is 0.266 e. The Morgan fingerprint density at radius 3 is 2.02 bits per heavy atom. The summed E-state index contributed by atoms with van der Waals surface area (Å²) in [6.45, 7) is 8.33. The number of amides is 2. The van der Waals surface area contributed by atoms with Crippen LogP contribution >= 0.6 is 0 Å². The Balaban J connectivity index is 1.22. The monoisotopic (exact) mass is 715 g/mol. The van der Waals surface area contributed by atoms with Crippen LogP contribution in [0.3, 0.4) is 0 Å². The largest absolute Gasteiger partial charge is 0.436 e. The van der Waals surface area contributed by atoms with Gasteiger partial charge in [-0.25, -0.2) is 4.98 Å². The van der Waals surface area contributed by atoms with Gasteiger partial charge in [0.25, 0.3) is 16.0 Å². The van der Waals surface area contributed by atoms with E-state index in [1.54, 1.807) is 24.3 Å². The van der Waals surface area contributed by atoms with Crippen LogP contribution in [0.5, 0.6) is 0 Å². The number of para-hydroxylation sites is 1. The molecule has 0 bridgehead atoms. The van der Waals surface area contributed by atoms with Crippen molar-refractivity contribution in [1.29, 1.82) is 0 Å². The molecule has 1 atom stereocenters. The molecule has 1 unspecified atom stereocenters. The standard InChI is InChI=1S/C42H41N3O6S/c1-27-6-5-7-37-38(27)45-41(51-37)33-18-22-35(23-19-33)44-40(47)36(26-28-8-10-32(11-9-28)39(46)43-24-25-52(48,49)50)31-14-12-29(13-15-31)30-16-20-34(21-17-30)42(2,3)4/h5-23,36H,24-26H2,1-4H3,(H,43,46)(H,44,47)(H,48,49,50). The van der Waals surface area contributed by atoms with Gasteiger partial charge in [-0.3, -0.25) is 14.1 Å². The number of nitrogens with zero attached hydrogens (tertiary/aromatic N) is 1. The number of benzene rings is 5. The Morgan fingerprint density at radius 1 is 0.808 bits per heavy atom. The van der Waals surface area contributed by atoms with Crippen LogP contribution in [-0.4, -0.2) is 42.1 Å². The van der Waals surface area contributed by atoms with Gasteiger partial charge in [-0.05, 0) is 94.6 Å². The first-order chi connectivity index (χ1) is 24.7. The number of fused-ring (bicyclic) bond motifs is 1. The van der Waals surface area contributed by atoms with E-state index in [9.17, 15) is 18.0 Å². The third-order valence-corrected chi connectivity index (χ3v) is 9.76. The number of hydrogen-bond acceptors (Lipinski definition) is 6. The molecule has 5 aromatic carbocycles. The summed E-state index contributed by atoms with van der Waals surface area (Å²) in [6.07, 6.45) is 0.358. The van der Waals surface area contributed by atoms with E-state index < -0.39 is 27.7 Å². The molecule has 0 saturated heterocycles. The molecule has 0 aliphatic rings. The Kier molecular flexibility index (Phi) is 10.4. The lowest BCUT2D eigenvalue weighted by molar-refractivity contribution is -0.117. The second-order valence-corrected chi connectivity index (χ2v) is 15.5. The first kappa shape index (κ1) is 36.2. The van der Waals surface area contributed by atoms with Gasteiger partial charge in [0.05, 0.1) is 11.7 Å². The van der Waals surface area contributed by atoms with Gasteiger partial charge in [-0.2, -0.15) is 8.42 Å². The number of rotatable bonds is 11. The lowest BCUT2D eigenvalue weighted by Crippen LogP contribution is -2.28. The highest BCUT2D eigenvalue weighted by Crippen LogP contribution is 2.31. The van der Waals surface area contributed by atoms with Crippen LogP contribution in [-0.2, 0) is 26.7 Å². The van der Waals surface area contributed by atoms with Crippen molar-refractivity contribution >= 4 is 38.7 Å². The van der Waals surface area contributed by atoms with E-state index in [1.165, 1.54) is 5.56 Å². The summed E-state index contributed by atoms with van der Waals surface area (Å²) in [5.41, 5.74) is 9.40. The van der Waals surface area contributed by atoms with Crippen molar-refractivity contribution in [2.45, 2.75) is 45.4 Å². The molecule has 2 amide bonds. The van der Waals surface area contributed by atoms with Gasteiger partial charge in [-0.1, -0.05) is 93.6 Å². The number of anilines is 1. The summed E-state index contributed by atoms with van der Waals surface area (Å²) in [6, 6.07) is 36.5. The maximum atomic E-state index is 14.0. The lowest BCUT2D eigenvalue weighted by atomic mass is 9.86. The third kappa shape index (κ3) is 8.82. The predicted molar refractivity (Wildman–Crippen MR) is 205 cm³/mol. The molecule has 6 rings (SSSR count). The predicted octanol–water partition coefficient (Wildman–Crippen LogP) is 8.35. The van der Waals surface area contributed by atoms with Crippen molar-refractivity contribution < 1.29 is 27.0 Å². The highest BCUT2D eigenvalue weighted by molar-refractivity contribution is 7.85. The molecule has 52 heavy (non-hydrogen) atoms. The van der Waals surface area contributed by atoms with Crippen molar-refractivity contribution in [1.82, 2.24) is 10.3 Å². The average Bonchev–Trinajstić information content (AvgIpc) is 3.56. The molecule has 1 heterocycles. The molecule has 0 spiro atoms. The molecular formula is C42H41N3O6S. The summed E-state index contributed by atoms with van der Waals surface area (Å²) < 4.78 is 36.9. The van der Waals surface area contributed by atoms with E-state index >= 15 is 0 Å². The highest BCUT2D eigenvalue weighted by Gasteiger charge is 2.23. The Hall–Kier alpha value is -5.58. The van der Waals surface area contributed by atoms with Crippen LogP contribution in [0, 0.1) is 6.92 Å². The fourth-order valence-electron chi connectivity index (χ4n) is 5.99. The molecular weight excluding hydrogens is 675 g/mol. The van der Waals surface area contributed by atoms with Gasteiger partial charge >= 0.3 is 0 Å². The molecule has 0 saturated carbocycles. The SMILES string of the molecule is Cc1cccc2oc(-c3ccc(NC(=O)C(Cc4ccc(C(=O)NCCS(=O)(=O)O)cc4)c4ccc(-c5ccc(C(C)(C)C)cc5)cc4)cc3)nc12. The number of nitrogens with one attached hydrogen (secondary N) is 2. The van der Waals surface area contributed by atoms with Gasteiger partial charge in [-0.15, -0.1) is 0 Å². The number of oxazole rings is 1. The van der Waals surface area contributed by atoms with Crippen LogP contribution in [0.1, 0.15) is 59.3 Å². The number of aromatic nitrogens is 1. The molecule has 1 aromatic heterocycles. The molecule has 0 radical (unpaired) electrons. The molecule has 0 fully saturated rings. The van der Waals surface area contributed by atoms with E-state index in [0.717, 1.165) is 38.9 Å². The van der Waals surface area contributed by atoms with Gasteiger partial charge in [0, 0.05) is 23.4 Å². The fourth-order valence-corrected chi connectivity index (χ4v) is 6.35. The zero-order chi connectivity index (χ0) is 37.0. The summed E-state index contributed by atoms with van der Waals surface area (Å²) in [7, 11) is -4.19. The van der Waals surface area contributed by atoms with Gasteiger partial charge in [0.1, 0.15) is 5.52 Å². The van der Waals surface area contributed by atoms with E-state index in [-0.39, 0.29) is 17.9 Å². The Morgan fingerprint density at radius 2 is 1.42 bits per heavy atom. The second-order valence-electron chi connectivity index (χ2n) is 14.0. The van der Waals surface area contributed by atoms with Crippen molar-refractivity contribution in [2.24, 2.45) is 0 Å². The highest BCUT2D eigenvalue weighted by atomic mass is 32.2. The zero-order valence-electron chi connectivity index (χ0n) is 29.5. The van der Waals surface area contributed by atoms with E-state index in [0.29, 0.717) is 29.1 Å². The average molecular weight is 716 g/mol. The summed E-state index contributed by atoms with van der Waals surface area (Å²) >= 11 is 0. The topological polar surface area (TPSA) is 139 Å². The summed E-state index contributed by atoms with van der Waals surface area (Å²) in [4.78, 5) is 31.2. The molecule has 9 nitrogen and oxygen atoms in total. The van der Waals surface area contributed by atoms with Crippen molar-refractivity contribution in [3.8, 4) is 22.6 Å². The van der Waals surface area contributed by atoms with Crippen LogP contribution in [0.4, 0.5) is 5.69 Å². The van der Waals surface area contributed by atoms with Crippen LogP contribution < -0.4 is 10.6 Å². The first-order valence-corrected chi connectivity index (χ1v) is 18.6. The minimum Gasteiger partial charge on any atom is -0.436 e. The maximum absolute atomic E-state index is 14.0. The maximum Gasteiger partial charge on any atom is 0.266 e. The Bertz CT molecular complexity index is 2310. The van der Waals surface area contributed by atoms with Crippen molar-refractivity contribution in [3.63, 3.8) is 0 Å². The molecule has 6 aromatic rings. The molecule has 10 heteroatoms. The van der Waals surface area contributed by atoms with E-state index in [4.69, 9.17) is 8.97 Å². The minimum absolute atomic E-state index is 0.0534. The zero-order valence-corrected chi connectivity index (χ0v) is 30.3. The molecule has 0 aliphatic carbocycles. The van der Waals surface area contributed by atoms with Gasteiger partial charge in [0.2, 0.25) is 11.8 Å². The number of aryl methyl sites for hydroxylation is 1.